The number of hydrogen-bond acceptors (Lipinski definition) is 2. The molecule has 0 bridgehead atoms. The molecule has 3 heteroatoms. The summed E-state index contributed by atoms with van der Waals surface area (Å²) < 4.78 is 5.38. The van der Waals surface area contributed by atoms with E-state index in [1.165, 1.54) is 6.08 Å². The van der Waals surface area contributed by atoms with E-state index in [9.17, 15) is 4.79 Å². The van der Waals surface area contributed by atoms with Gasteiger partial charge in [-0.05, 0) is 23.6 Å². The first-order valence-corrected chi connectivity index (χ1v) is 6.97. The Morgan fingerprint density at radius 1 is 1.14 bits per heavy atom. The first-order valence-electron chi connectivity index (χ1n) is 6.97. The van der Waals surface area contributed by atoms with Crippen LogP contribution in [0.2, 0.25) is 0 Å². The van der Waals surface area contributed by atoms with Crippen LogP contribution in [0.15, 0.2) is 83.7 Å². The average Bonchev–Trinajstić information content (AvgIpc) is 3.05. The summed E-state index contributed by atoms with van der Waals surface area (Å²) in [5.74, 6) is 0.543. The number of fused-ring (bicyclic) bond motifs is 1. The van der Waals surface area contributed by atoms with Crippen LogP contribution in [-0.4, -0.2) is 5.91 Å². The van der Waals surface area contributed by atoms with Gasteiger partial charge in [0.1, 0.15) is 5.76 Å². The van der Waals surface area contributed by atoms with Gasteiger partial charge in [0, 0.05) is 11.5 Å². The maximum Gasteiger partial charge on any atom is 0.259 e. The topological polar surface area (TPSA) is 33.5 Å². The minimum atomic E-state index is -0.178. The van der Waals surface area contributed by atoms with E-state index in [4.69, 9.17) is 4.42 Å². The summed E-state index contributed by atoms with van der Waals surface area (Å²) in [6, 6.07) is 17.5. The number of carbonyl (C=O) groups is 1. The molecule has 3 nitrogen and oxygen atoms in total. The Morgan fingerprint density at radius 2 is 1.95 bits per heavy atom. The summed E-state index contributed by atoms with van der Waals surface area (Å²) in [7, 11) is 0. The van der Waals surface area contributed by atoms with Gasteiger partial charge in [0.05, 0.1) is 18.5 Å². The number of nitrogens with zero attached hydrogens (tertiary/aromatic N) is 1. The molecule has 0 aliphatic heterocycles. The molecule has 0 spiro atoms. The number of rotatable bonds is 4. The molecule has 3 aromatic rings. The van der Waals surface area contributed by atoms with Crippen LogP contribution in [-0.2, 0) is 11.3 Å². The Bertz CT molecular complexity index is 838. The van der Waals surface area contributed by atoms with Crippen molar-refractivity contribution in [2.75, 3.05) is 4.90 Å². The van der Waals surface area contributed by atoms with Gasteiger partial charge in [-0.15, -0.1) is 5.73 Å². The highest BCUT2D eigenvalue weighted by atomic mass is 16.3. The summed E-state index contributed by atoms with van der Waals surface area (Å²) >= 11 is 0. The van der Waals surface area contributed by atoms with Gasteiger partial charge >= 0.3 is 0 Å². The third kappa shape index (κ3) is 2.71. The second-order valence-corrected chi connectivity index (χ2v) is 4.85. The van der Waals surface area contributed by atoms with Gasteiger partial charge in [-0.1, -0.05) is 43.0 Å². The molecule has 0 radical (unpaired) electrons. The van der Waals surface area contributed by atoms with Crippen LogP contribution in [0.5, 0.6) is 0 Å². The van der Waals surface area contributed by atoms with E-state index in [0.29, 0.717) is 6.54 Å². The van der Waals surface area contributed by atoms with Gasteiger partial charge in [-0.2, -0.15) is 0 Å². The van der Waals surface area contributed by atoms with Gasteiger partial charge in [0.2, 0.25) is 0 Å². The van der Waals surface area contributed by atoms with Crippen molar-refractivity contribution in [1.82, 2.24) is 0 Å². The number of furan rings is 1. The number of hydrogen-bond donors (Lipinski definition) is 0. The van der Waals surface area contributed by atoms with Crippen LogP contribution in [0.3, 0.4) is 0 Å². The molecule has 0 N–H and O–H groups in total. The molecule has 0 atom stereocenters. The molecule has 22 heavy (non-hydrogen) atoms. The van der Waals surface area contributed by atoms with E-state index in [-0.39, 0.29) is 5.91 Å². The van der Waals surface area contributed by atoms with Crippen molar-refractivity contribution in [2.45, 2.75) is 6.54 Å². The van der Waals surface area contributed by atoms with Crippen LogP contribution in [0.4, 0.5) is 5.69 Å². The summed E-state index contributed by atoms with van der Waals surface area (Å²) in [4.78, 5) is 14.1. The van der Waals surface area contributed by atoms with Crippen molar-refractivity contribution >= 4 is 22.4 Å². The Hall–Kier alpha value is -3.03. The first-order chi connectivity index (χ1) is 10.8. The number of benzene rings is 2. The molecule has 0 fully saturated rings. The zero-order chi connectivity index (χ0) is 15.4. The molecule has 0 saturated carbocycles. The predicted octanol–water partition coefficient (Wildman–Crippen LogP) is 4.31. The zero-order valence-corrected chi connectivity index (χ0v) is 12.0. The van der Waals surface area contributed by atoms with Crippen LogP contribution >= 0.6 is 0 Å². The van der Waals surface area contributed by atoms with Crippen molar-refractivity contribution in [2.24, 2.45) is 0 Å². The van der Waals surface area contributed by atoms with E-state index in [2.05, 4.69) is 12.3 Å². The van der Waals surface area contributed by atoms with E-state index in [1.807, 2.05) is 54.6 Å². The lowest BCUT2D eigenvalue weighted by atomic mass is 10.1. The van der Waals surface area contributed by atoms with Crippen LogP contribution in [0.1, 0.15) is 5.76 Å². The van der Waals surface area contributed by atoms with Crippen LogP contribution in [0, 0.1) is 0 Å². The lowest BCUT2D eigenvalue weighted by molar-refractivity contribution is -0.114. The van der Waals surface area contributed by atoms with Gasteiger partial charge in [-0.25, -0.2) is 0 Å². The summed E-state index contributed by atoms with van der Waals surface area (Å²) in [5, 5.41) is 2.10. The average molecular weight is 289 g/mol. The highest BCUT2D eigenvalue weighted by molar-refractivity contribution is 6.07. The second-order valence-electron chi connectivity index (χ2n) is 4.85. The Balaban J connectivity index is 2.11. The molecular weight excluding hydrogens is 274 g/mol. The number of anilines is 1. The third-order valence-electron chi connectivity index (χ3n) is 3.44. The Kier molecular flexibility index (Phi) is 3.90. The van der Waals surface area contributed by atoms with E-state index < -0.39 is 0 Å². The second kappa shape index (κ2) is 6.17. The maximum atomic E-state index is 12.4. The van der Waals surface area contributed by atoms with Gasteiger partial charge in [0.25, 0.3) is 5.91 Å². The van der Waals surface area contributed by atoms with Crippen LogP contribution in [0.25, 0.3) is 10.8 Å². The smallest absolute Gasteiger partial charge is 0.259 e. The molecule has 1 amide bonds. The summed E-state index contributed by atoms with van der Waals surface area (Å²) in [6.07, 6.45) is 2.94. The molecule has 1 aromatic heterocycles. The SMILES string of the molecule is C=C=CC(=O)N(Cc1ccco1)c1cccc2ccccc12. The molecule has 0 aliphatic carbocycles. The van der Waals surface area contributed by atoms with Crippen molar-refractivity contribution in [3.63, 3.8) is 0 Å². The fourth-order valence-electron chi connectivity index (χ4n) is 2.45. The van der Waals surface area contributed by atoms with Gasteiger partial charge < -0.3 is 9.32 Å². The van der Waals surface area contributed by atoms with E-state index >= 15 is 0 Å². The van der Waals surface area contributed by atoms with E-state index in [0.717, 1.165) is 22.2 Å². The Labute approximate surface area is 128 Å². The molecule has 0 unspecified atom stereocenters. The highest BCUT2D eigenvalue weighted by Crippen LogP contribution is 2.28. The predicted molar refractivity (Wildman–Crippen MR) is 87.6 cm³/mol. The maximum absolute atomic E-state index is 12.4. The standard InChI is InChI=1S/C19H15NO2/c1-2-7-19(21)20(14-16-10-6-13-22-16)18-12-5-9-15-8-3-4-11-17(15)18/h3-13H,1,14H2. The van der Waals surface area contributed by atoms with Crippen LogP contribution < -0.4 is 4.90 Å². The molecule has 3 rings (SSSR count). The third-order valence-corrected chi connectivity index (χ3v) is 3.44. The number of amides is 1. The van der Waals surface area contributed by atoms with Crippen molar-refractivity contribution < 1.29 is 9.21 Å². The fraction of sp³-hybridized carbons (Fsp3) is 0.0526. The first kappa shape index (κ1) is 13.9. The van der Waals surface area contributed by atoms with Crippen molar-refractivity contribution in [3.8, 4) is 0 Å². The molecule has 1 heterocycles. The zero-order valence-electron chi connectivity index (χ0n) is 12.0. The highest BCUT2D eigenvalue weighted by Gasteiger charge is 2.17. The minimum absolute atomic E-state index is 0.178. The monoisotopic (exact) mass is 289 g/mol. The fourth-order valence-corrected chi connectivity index (χ4v) is 2.45. The molecule has 2 aromatic carbocycles. The summed E-state index contributed by atoms with van der Waals surface area (Å²) in [5.41, 5.74) is 3.39. The quantitative estimate of drug-likeness (QED) is 0.530. The van der Waals surface area contributed by atoms with Gasteiger partial charge in [0.15, 0.2) is 0 Å². The van der Waals surface area contributed by atoms with E-state index in [1.54, 1.807) is 11.2 Å². The lowest BCUT2D eigenvalue weighted by Gasteiger charge is -2.22. The van der Waals surface area contributed by atoms with Crippen molar-refractivity contribution in [1.29, 1.82) is 0 Å². The largest absolute Gasteiger partial charge is 0.467 e. The Morgan fingerprint density at radius 3 is 2.73 bits per heavy atom. The number of carbonyl (C=O) groups excluding carboxylic acids is 1. The molecule has 108 valence electrons. The van der Waals surface area contributed by atoms with Gasteiger partial charge in [-0.3, -0.25) is 4.79 Å². The lowest BCUT2D eigenvalue weighted by Crippen LogP contribution is -2.28. The summed E-state index contributed by atoms with van der Waals surface area (Å²) in [6.45, 7) is 3.84. The molecular formula is C19H15NO2. The van der Waals surface area contributed by atoms with Crippen molar-refractivity contribution in [3.05, 3.63) is 85.0 Å². The molecule has 0 aliphatic rings. The minimum Gasteiger partial charge on any atom is -0.467 e. The normalized spacial score (nSPS) is 10.2. The molecule has 0 saturated heterocycles.